The van der Waals surface area contributed by atoms with Gasteiger partial charge in [0.25, 0.3) is 0 Å². The standard InChI is InChI=1S/C18H35FO5/c1-4-7-10-21-15-14(13-19)24-18(20)17(23-12-9-6-3)16(15)22-11-8-5-2/h14-18,20H,4-13H2,1-3H3/t14?,15-,16-,17?,18-/m0/s1. The maximum absolute atomic E-state index is 13.4. The summed E-state index contributed by atoms with van der Waals surface area (Å²) in [5, 5.41) is 10.2. The monoisotopic (exact) mass is 350 g/mol. The molecule has 1 rings (SSSR count). The molecule has 6 heteroatoms. The Bertz CT molecular complexity index is 305. The average Bonchev–Trinajstić information content (AvgIpc) is 2.58. The van der Waals surface area contributed by atoms with Crippen molar-refractivity contribution >= 4 is 0 Å². The second-order valence-electron chi connectivity index (χ2n) is 6.29. The molecule has 0 aromatic rings. The summed E-state index contributed by atoms with van der Waals surface area (Å²) >= 11 is 0. The van der Waals surface area contributed by atoms with Gasteiger partial charge in [-0.15, -0.1) is 0 Å². The van der Waals surface area contributed by atoms with Gasteiger partial charge >= 0.3 is 0 Å². The zero-order valence-electron chi connectivity index (χ0n) is 15.4. The summed E-state index contributed by atoms with van der Waals surface area (Å²) in [5.74, 6) is 0. The predicted molar refractivity (Wildman–Crippen MR) is 90.8 cm³/mol. The zero-order chi connectivity index (χ0) is 17.8. The number of halogens is 1. The largest absolute Gasteiger partial charge is 0.373 e. The molecule has 0 aromatic carbocycles. The van der Waals surface area contributed by atoms with E-state index in [9.17, 15) is 9.50 Å². The summed E-state index contributed by atoms with van der Waals surface area (Å²) in [6.07, 6.45) is 1.92. The van der Waals surface area contributed by atoms with Crippen molar-refractivity contribution in [3.8, 4) is 0 Å². The van der Waals surface area contributed by atoms with E-state index >= 15 is 0 Å². The lowest BCUT2D eigenvalue weighted by molar-refractivity contribution is -0.308. The van der Waals surface area contributed by atoms with Crippen molar-refractivity contribution in [2.75, 3.05) is 26.5 Å². The Morgan fingerprint density at radius 2 is 1.25 bits per heavy atom. The number of hydrogen-bond acceptors (Lipinski definition) is 5. The molecule has 1 saturated heterocycles. The summed E-state index contributed by atoms with van der Waals surface area (Å²) in [6, 6.07) is 0. The molecular weight excluding hydrogens is 315 g/mol. The average molecular weight is 350 g/mol. The lowest BCUT2D eigenvalue weighted by Crippen LogP contribution is -2.61. The van der Waals surface area contributed by atoms with Crippen LogP contribution in [-0.4, -0.2) is 62.3 Å². The molecule has 144 valence electrons. The van der Waals surface area contributed by atoms with Gasteiger partial charge in [-0.3, -0.25) is 0 Å². The summed E-state index contributed by atoms with van der Waals surface area (Å²) < 4.78 is 36.4. The van der Waals surface area contributed by atoms with Crippen LogP contribution in [-0.2, 0) is 18.9 Å². The summed E-state index contributed by atoms with van der Waals surface area (Å²) in [7, 11) is 0. The summed E-state index contributed by atoms with van der Waals surface area (Å²) in [4.78, 5) is 0. The quantitative estimate of drug-likeness (QED) is 0.517. The van der Waals surface area contributed by atoms with E-state index in [0.29, 0.717) is 19.8 Å². The topological polar surface area (TPSA) is 57.2 Å². The van der Waals surface area contributed by atoms with Crippen molar-refractivity contribution in [2.45, 2.75) is 90.0 Å². The lowest BCUT2D eigenvalue weighted by atomic mass is 9.98. The number of unbranched alkanes of at least 4 members (excludes halogenated alkanes) is 3. The second kappa shape index (κ2) is 13.0. The first-order valence-electron chi connectivity index (χ1n) is 9.43. The Labute approximate surface area is 145 Å². The summed E-state index contributed by atoms with van der Waals surface area (Å²) in [5.41, 5.74) is 0. The minimum Gasteiger partial charge on any atom is -0.373 e. The number of hydrogen-bond donors (Lipinski definition) is 1. The van der Waals surface area contributed by atoms with E-state index in [1.807, 2.05) is 0 Å². The molecule has 5 nitrogen and oxygen atoms in total. The van der Waals surface area contributed by atoms with E-state index < -0.39 is 37.4 Å². The fourth-order valence-corrected chi connectivity index (χ4v) is 2.68. The zero-order valence-corrected chi connectivity index (χ0v) is 15.4. The van der Waals surface area contributed by atoms with Crippen LogP contribution >= 0.6 is 0 Å². The van der Waals surface area contributed by atoms with Gasteiger partial charge in [0.2, 0.25) is 0 Å². The maximum atomic E-state index is 13.4. The smallest absolute Gasteiger partial charge is 0.184 e. The third-order valence-electron chi connectivity index (χ3n) is 4.19. The van der Waals surface area contributed by atoms with Crippen LogP contribution in [0.5, 0.6) is 0 Å². The number of aliphatic hydroxyl groups excluding tert-OH is 1. The molecule has 24 heavy (non-hydrogen) atoms. The molecular formula is C18H35FO5. The van der Waals surface area contributed by atoms with Crippen molar-refractivity contribution in [3.05, 3.63) is 0 Å². The van der Waals surface area contributed by atoms with Gasteiger partial charge in [0.1, 0.15) is 31.1 Å². The molecule has 2 unspecified atom stereocenters. The molecule has 0 bridgehead atoms. The minimum absolute atomic E-state index is 0.511. The van der Waals surface area contributed by atoms with Gasteiger partial charge in [0.05, 0.1) is 0 Å². The first kappa shape index (κ1) is 21.8. The van der Waals surface area contributed by atoms with Gasteiger partial charge in [0, 0.05) is 19.8 Å². The fraction of sp³-hybridized carbons (Fsp3) is 1.00. The Balaban J connectivity index is 2.79. The Kier molecular flexibility index (Phi) is 11.8. The van der Waals surface area contributed by atoms with Gasteiger partial charge in [-0.05, 0) is 19.3 Å². The van der Waals surface area contributed by atoms with Crippen LogP contribution in [0, 0.1) is 0 Å². The van der Waals surface area contributed by atoms with Crippen LogP contribution in [0.1, 0.15) is 59.3 Å². The van der Waals surface area contributed by atoms with E-state index in [-0.39, 0.29) is 0 Å². The van der Waals surface area contributed by atoms with Gasteiger partial charge < -0.3 is 24.1 Å². The highest BCUT2D eigenvalue weighted by Crippen LogP contribution is 2.28. The van der Waals surface area contributed by atoms with Crippen LogP contribution in [0.4, 0.5) is 4.39 Å². The molecule has 0 amide bonds. The number of aliphatic hydroxyl groups is 1. The van der Waals surface area contributed by atoms with Crippen molar-refractivity contribution in [1.29, 1.82) is 0 Å². The summed E-state index contributed by atoms with van der Waals surface area (Å²) in [6.45, 7) is 7.07. The van der Waals surface area contributed by atoms with Gasteiger partial charge in [-0.25, -0.2) is 4.39 Å². The number of ether oxygens (including phenoxy) is 4. The van der Waals surface area contributed by atoms with E-state index in [4.69, 9.17) is 18.9 Å². The third-order valence-corrected chi connectivity index (χ3v) is 4.19. The SMILES string of the molecule is CCCCOC1[C@@H](OCCCC)[C@@H](OCCCC)C(CF)O[C@@H]1O. The predicted octanol–water partition coefficient (Wildman–Crippen LogP) is 3.23. The normalized spacial score (nSPS) is 30.6. The molecule has 0 saturated carbocycles. The van der Waals surface area contributed by atoms with Crippen molar-refractivity contribution in [3.63, 3.8) is 0 Å². The van der Waals surface area contributed by atoms with Crippen LogP contribution in [0.3, 0.4) is 0 Å². The maximum Gasteiger partial charge on any atom is 0.184 e. The van der Waals surface area contributed by atoms with Gasteiger partial charge in [-0.2, -0.15) is 0 Å². The van der Waals surface area contributed by atoms with Crippen LogP contribution < -0.4 is 0 Å². The highest BCUT2D eigenvalue weighted by Gasteiger charge is 2.47. The Morgan fingerprint density at radius 3 is 1.71 bits per heavy atom. The van der Waals surface area contributed by atoms with Crippen LogP contribution in [0.2, 0.25) is 0 Å². The molecule has 0 spiro atoms. The number of alkyl halides is 1. The molecule has 1 N–H and O–H groups in total. The van der Waals surface area contributed by atoms with Crippen LogP contribution in [0.15, 0.2) is 0 Å². The molecule has 1 fully saturated rings. The van der Waals surface area contributed by atoms with E-state index in [1.165, 1.54) is 0 Å². The molecule has 1 aliphatic rings. The minimum atomic E-state index is -1.19. The van der Waals surface area contributed by atoms with Crippen molar-refractivity contribution in [1.82, 2.24) is 0 Å². The van der Waals surface area contributed by atoms with Crippen molar-refractivity contribution < 1.29 is 28.4 Å². The second-order valence-corrected chi connectivity index (χ2v) is 6.29. The highest BCUT2D eigenvalue weighted by atomic mass is 19.1. The first-order chi connectivity index (χ1) is 11.7. The fourth-order valence-electron chi connectivity index (χ4n) is 2.68. The van der Waals surface area contributed by atoms with E-state index in [1.54, 1.807) is 0 Å². The first-order valence-corrected chi connectivity index (χ1v) is 9.43. The van der Waals surface area contributed by atoms with Crippen LogP contribution in [0.25, 0.3) is 0 Å². The van der Waals surface area contributed by atoms with E-state index in [2.05, 4.69) is 20.8 Å². The lowest BCUT2D eigenvalue weighted by Gasteiger charge is -2.43. The third kappa shape index (κ3) is 6.92. The van der Waals surface area contributed by atoms with Gasteiger partial charge in [-0.1, -0.05) is 40.0 Å². The Hall–Kier alpha value is -0.270. The molecule has 1 aliphatic heterocycles. The molecule has 0 aromatic heterocycles. The van der Waals surface area contributed by atoms with Gasteiger partial charge in [0.15, 0.2) is 6.29 Å². The molecule has 1 heterocycles. The Morgan fingerprint density at radius 1 is 0.792 bits per heavy atom. The number of rotatable bonds is 13. The van der Waals surface area contributed by atoms with Crippen molar-refractivity contribution in [2.24, 2.45) is 0 Å². The molecule has 5 atom stereocenters. The highest BCUT2D eigenvalue weighted by molar-refractivity contribution is 4.92. The molecule has 0 radical (unpaired) electrons. The molecule has 0 aliphatic carbocycles. The van der Waals surface area contributed by atoms with E-state index in [0.717, 1.165) is 38.5 Å².